The van der Waals surface area contributed by atoms with Gasteiger partial charge in [0.05, 0.1) is 24.2 Å². The van der Waals surface area contributed by atoms with Gasteiger partial charge in [0.15, 0.2) is 0 Å². The molecule has 2 fully saturated rings. The van der Waals surface area contributed by atoms with Crippen molar-refractivity contribution >= 4 is 17.6 Å². The highest BCUT2D eigenvalue weighted by molar-refractivity contribution is 5.93. The Labute approximate surface area is 222 Å². The fourth-order valence-corrected chi connectivity index (χ4v) is 4.46. The molecule has 1 amide bonds. The molecule has 1 saturated heterocycles. The van der Waals surface area contributed by atoms with Gasteiger partial charge >= 0.3 is 6.01 Å². The fourth-order valence-electron chi connectivity index (χ4n) is 4.46. The summed E-state index contributed by atoms with van der Waals surface area (Å²) in [5.41, 5.74) is 6.33. The zero-order chi connectivity index (χ0) is 27.6. The molecule has 0 spiro atoms. The van der Waals surface area contributed by atoms with Gasteiger partial charge in [-0.3, -0.25) is 9.59 Å². The molecule has 3 heterocycles. The quantitative estimate of drug-likeness (QED) is 0.443. The average Bonchev–Trinajstić information content (AvgIpc) is 3.65. The molecule has 0 unspecified atom stereocenters. The van der Waals surface area contributed by atoms with E-state index in [9.17, 15) is 14.7 Å². The summed E-state index contributed by atoms with van der Waals surface area (Å²) in [4.78, 5) is 44.5. The van der Waals surface area contributed by atoms with Crippen molar-refractivity contribution in [3.05, 3.63) is 34.9 Å². The predicted octanol–water partition coefficient (Wildman–Crippen LogP) is 2.58. The zero-order valence-electron chi connectivity index (χ0n) is 22.3. The van der Waals surface area contributed by atoms with E-state index < -0.39 is 11.5 Å². The zero-order valence-corrected chi connectivity index (χ0v) is 22.3. The van der Waals surface area contributed by atoms with Gasteiger partial charge in [0.25, 0.3) is 5.91 Å². The van der Waals surface area contributed by atoms with Gasteiger partial charge in [-0.1, -0.05) is 13.0 Å². The summed E-state index contributed by atoms with van der Waals surface area (Å²) >= 11 is 0. The van der Waals surface area contributed by atoms with Crippen molar-refractivity contribution in [2.45, 2.75) is 64.9 Å². The Balaban J connectivity index is 1.50. The van der Waals surface area contributed by atoms with Crippen molar-refractivity contribution in [1.82, 2.24) is 19.9 Å². The second kappa shape index (κ2) is 11.0. The van der Waals surface area contributed by atoms with Gasteiger partial charge in [-0.05, 0) is 57.6 Å². The third-order valence-electron chi connectivity index (χ3n) is 7.61. The van der Waals surface area contributed by atoms with Crippen LogP contribution in [0.25, 0.3) is 0 Å². The van der Waals surface area contributed by atoms with E-state index in [-0.39, 0.29) is 47.7 Å². The molecule has 3 N–H and O–H groups in total. The number of rotatable bonds is 10. The molecule has 3 atom stereocenters. The van der Waals surface area contributed by atoms with Crippen molar-refractivity contribution < 1.29 is 19.4 Å². The Morgan fingerprint density at radius 1 is 1.24 bits per heavy atom. The first-order valence-corrected chi connectivity index (χ1v) is 13.0. The number of ketones is 1. The van der Waals surface area contributed by atoms with E-state index in [1.54, 1.807) is 20.8 Å². The van der Waals surface area contributed by atoms with E-state index in [1.807, 2.05) is 24.0 Å². The van der Waals surface area contributed by atoms with Crippen LogP contribution in [0.15, 0.2) is 12.1 Å². The molecular weight excluding hydrogens is 486 g/mol. The molecule has 2 aromatic heterocycles. The van der Waals surface area contributed by atoms with Crippen molar-refractivity contribution in [2.24, 2.45) is 23.5 Å². The molecule has 2 aliphatic rings. The van der Waals surface area contributed by atoms with Crippen LogP contribution in [0.2, 0.25) is 0 Å². The summed E-state index contributed by atoms with van der Waals surface area (Å²) in [6.45, 7) is 8.48. The molecule has 2 aromatic rings. The molecule has 1 aliphatic carbocycles. The molecule has 38 heavy (non-hydrogen) atoms. The van der Waals surface area contributed by atoms with Crippen LogP contribution in [-0.2, 0) is 0 Å². The van der Waals surface area contributed by atoms with Crippen molar-refractivity contribution in [2.75, 3.05) is 24.6 Å². The number of anilines is 1. The molecule has 0 radical (unpaired) electrons. The Morgan fingerprint density at radius 3 is 2.55 bits per heavy atom. The molecule has 1 aliphatic heterocycles. The normalized spacial score (nSPS) is 20.5. The summed E-state index contributed by atoms with van der Waals surface area (Å²) in [6.07, 6.45) is 2.36. The number of pyridine rings is 1. The van der Waals surface area contributed by atoms with Crippen LogP contribution in [-0.4, -0.2) is 62.0 Å². The Kier molecular flexibility index (Phi) is 7.92. The summed E-state index contributed by atoms with van der Waals surface area (Å²) in [6, 6.07) is 6.10. The molecule has 202 valence electrons. The lowest BCUT2D eigenvalue weighted by molar-refractivity contribution is 0.0211. The highest BCUT2D eigenvalue weighted by atomic mass is 16.5. The van der Waals surface area contributed by atoms with Crippen molar-refractivity contribution in [3.63, 3.8) is 0 Å². The third-order valence-corrected chi connectivity index (χ3v) is 7.61. The van der Waals surface area contributed by atoms with Gasteiger partial charge < -0.3 is 20.5 Å². The molecule has 0 aromatic carbocycles. The first kappa shape index (κ1) is 27.4. The van der Waals surface area contributed by atoms with Gasteiger partial charge in [-0.25, -0.2) is 4.98 Å². The van der Waals surface area contributed by atoms with Crippen LogP contribution in [0.4, 0.5) is 5.95 Å². The highest BCUT2D eigenvalue weighted by Crippen LogP contribution is 2.38. The topological polar surface area (TPSA) is 168 Å². The summed E-state index contributed by atoms with van der Waals surface area (Å²) in [5.74, 6) is -0.515. The molecule has 0 bridgehead atoms. The lowest BCUT2D eigenvalue weighted by Crippen LogP contribution is -2.35. The van der Waals surface area contributed by atoms with E-state index in [4.69, 9.17) is 15.7 Å². The Hall–Kier alpha value is -3.65. The van der Waals surface area contributed by atoms with E-state index >= 15 is 0 Å². The van der Waals surface area contributed by atoms with E-state index in [2.05, 4.69) is 26.0 Å². The fraction of sp³-hybridized carbons (Fsp3) is 0.593. The van der Waals surface area contributed by atoms with Crippen LogP contribution in [0.1, 0.15) is 84.7 Å². The molecule has 1 saturated carbocycles. The number of aromatic nitrogens is 4. The maximum atomic E-state index is 13.1. The standard InChI is InChI=1S/C27H35N7O4/c1-15-5-6-20(30-22(15)23(29)36)17-7-9-34(10-8-17)25-31-24(21(35)11-16(2)27(3,4)37)32-26(33-25)38-14-19-12-18(19)13-28/h5-6,16-19,37H,7-12,14H2,1-4H3,(H2,29,36)/t16-,18-,19+/m0/s1. The molecule has 4 rings (SSSR count). The first-order valence-electron chi connectivity index (χ1n) is 13.0. The van der Waals surface area contributed by atoms with Crippen LogP contribution >= 0.6 is 0 Å². The number of nitriles is 1. The number of ether oxygens (including phenoxy) is 1. The van der Waals surface area contributed by atoms with Gasteiger partial charge in [-0.15, -0.1) is 0 Å². The lowest BCUT2D eigenvalue weighted by Gasteiger charge is -2.32. The minimum Gasteiger partial charge on any atom is -0.463 e. The molecular formula is C27H35N7O4. The smallest absolute Gasteiger partial charge is 0.321 e. The van der Waals surface area contributed by atoms with Crippen LogP contribution in [0.5, 0.6) is 6.01 Å². The van der Waals surface area contributed by atoms with Crippen LogP contribution in [0.3, 0.4) is 0 Å². The Morgan fingerprint density at radius 2 is 1.95 bits per heavy atom. The maximum absolute atomic E-state index is 13.1. The Bertz CT molecular complexity index is 1240. The minimum absolute atomic E-state index is 0.00200. The number of aryl methyl sites for hydroxylation is 1. The number of nitrogens with zero attached hydrogens (tertiary/aromatic N) is 6. The van der Waals surface area contributed by atoms with E-state index in [0.717, 1.165) is 30.5 Å². The number of carbonyl (C=O) groups excluding carboxylic acids is 2. The van der Waals surface area contributed by atoms with Crippen molar-refractivity contribution in [1.29, 1.82) is 5.26 Å². The minimum atomic E-state index is -1.02. The molecule has 11 heteroatoms. The average molecular weight is 522 g/mol. The monoisotopic (exact) mass is 521 g/mol. The lowest BCUT2D eigenvalue weighted by atomic mass is 9.88. The number of hydrogen-bond acceptors (Lipinski definition) is 10. The number of Topliss-reactive ketones (excluding diaryl/α,β-unsaturated/α-hetero) is 1. The largest absolute Gasteiger partial charge is 0.463 e. The van der Waals surface area contributed by atoms with Crippen molar-refractivity contribution in [3.8, 4) is 12.1 Å². The molecule has 11 nitrogen and oxygen atoms in total. The highest BCUT2D eigenvalue weighted by Gasteiger charge is 2.38. The summed E-state index contributed by atoms with van der Waals surface area (Å²) in [5, 5.41) is 19.3. The van der Waals surface area contributed by atoms with Gasteiger partial charge in [0, 0.05) is 37.0 Å². The van der Waals surface area contributed by atoms with E-state index in [0.29, 0.717) is 31.3 Å². The second-order valence-corrected chi connectivity index (χ2v) is 11.0. The van der Waals surface area contributed by atoms with Gasteiger partial charge in [0.2, 0.25) is 17.6 Å². The number of amides is 1. The van der Waals surface area contributed by atoms with Crippen LogP contribution < -0.4 is 15.4 Å². The predicted molar refractivity (Wildman–Crippen MR) is 139 cm³/mol. The third kappa shape index (κ3) is 6.42. The SMILES string of the molecule is Cc1ccc(C2CCN(c3nc(OC[C@H]4C[C@H]4C#N)nc(C(=O)C[C@H](C)C(C)(C)O)n3)CC2)nc1C(N)=O. The maximum Gasteiger partial charge on any atom is 0.321 e. The number of piperidine rings is 1. The van der Waals surface area contributed by atoms with E-state index in [1.165, 1.54) is 0 Å². The summed E-state index contributed by atoms with van der Waals surface area (Å²) in [7, 11) is 0. The number of hydrogen-bond donors (Lipinski definition) is 2. The van der Waals surface area contributed by atoms with Gasteiger partial charge in [-0.2, -0.15) is 20.2 Å². The number of primary amides is 1. The first-order chi connectivity index (χ1) is 18.0. The second-order valence-electron chi connectivity index (χ2n) is 11.0. The van der Waals surface area contributed by atoms with Crippen LogP contribution in [0, 0.1) is 36.0 Å². The number of nitrogens with two attached hydrogens (primary N) is 1. The van der Waals surface area contributed by atoms with Gasteiger partial charge in [0.1, 0.15) is 5.69 Å². The summed E-state index contributed by atoms with van der Waals surface area (Å²) < 4.78 is 5.80. The number of carbonyl (C=O) groups is 2. The number of aliphatic hydroxyl groups is 1.